The number of aryl methyl sites for hydroxylation is 1. The van der Waals surface area contributed by atoms with Crippen LogP contribution in [0.15, 0.2) is 29.6 Å². The monoisotopic (exact) mass is 246 g/mol. The van der Waals surface area contributed by atoms with E-state index in [0.29, 0.717) is 13.2 Å². The highest BCUT2D eigenvalue weighted by Crippen LogP contribution is 2.35. The van der Waals surface area contributed by atoms with E-state index in [4.69, 9.17) is 10.5 Å². The van der Waals surface area contributed by atoms with Crippen molar-refractivity contribution in [3.8, 4) is 0 Å². The van der Waals surface area contributed by atoms with E-state index in [1.165, 1.54) is 0 Å². The van der Waals surface area contributed by atoms with Crippen LogP contribution < -0.4 is 5.73 Å². The topological polar surface area (TPSA) is 48.1 Å². The van der Waals surface area contributed by atoms with Crippen molar-refractivity contribution >= 4 is 11.3 Å². The first kappa shape index (κ1) is 10.9. The Morgan fingerprint density at radius 1 is 1.41 bits per heavy atom. The van der Waals surface area contributed by atoms with Crippen LogP contribution in [0.25, 0.3) is 0 Å². The third-order valence-corrected chi connectivity index (χ3v) is 4.22. The predicted molar refractivity (Wildman–Crippen MR) is 67.9 cm³/mol. The molecule has 1 aromatic heterocycles. The van der Waals surface area contributed by atoms with Gasteiger partial charge in [0.25, 0.3) is 0 Å². The van der Waals surface area contributed by atoms with E-state index in [-0.39, 0.29) is 0 Å². The van der Waals surface area contributed by atoms with Crippen molar-refractivity contribution in [1.82, 2.24) is 4.98 Å². The normalized spacial score (nSPS) is 23.4. The van der Waals surface area contributed by atoms with Crippen LogP contribution in [0.3, 0.4) is 0 Å². The number of aromatic nitrogens is 1. The molecule has 0 bridgehead atoms. The molecule has 0 fully saturated rings. The van der Waals surface area contributed by atoms with E-state index in [0.717, 1.165) is 21.8 Å². The Labute approximate surface area is 104 Å². The zero-order chi connectivity index (χ0) is 11.9. The molecule has 0 spiro atoms. The maximum absolute atomic E-state index is 6.53. The first-order chi connectivity index (χ1) is 8.20. The number of hydrogen-bond acceptors (Lipinski definition) is 4. The van der Waals surface area contributed by atoms with Gasteiger partial charge in [-0.25, -0.2) is 4.98 Å². The maximum Gasteiger partial charge on any atom is 0.120 e. The summed E-state index contributed by atoms with van der Waals surface area (Å²) in [5, 5.41) is 2.96. The molecular weight excluding hydrogens is 232 g/mol. The van der Waals surface area contributed by atoms with Gasteiger partial charge in [-0.1, -0.05) is 24.3 Å². The Balaban J connectivity index is 2.15. The number of rotatable bonds is 1. The average molecular weight is 246 g/mol. The average Bonchev–Trinajstić information content (AvgIpc) is 2.77. The van der Waals surface area contributed by atoms with Gasteiger partial charge in [0.15, 0.2) is 0 Å². The Bertz CT molecular complexity index is 552. The number of hydrogen-bond donors (Lipinski definition) is 1. The number of ether oxygens (including phenoxy) is 1. The van der Waals surface area contributed by atoms with Crippen molar-refractivity contribution < 1.29 is 4.74 Å². The van der Waals surface area contributed by atoms with Crippen molar-refractivity contribution in [2.24, 2.45) is 5.73 Å². The minimum Gasteiger partial charge on any atom is -0.374 e. The number of thiazole rings is 1. The molecule has 0 radical (unpaired) electrons. The highest BCUT2D eigenvalue weighted by atomic mass is 32.1. The highest BCUT2D eigenvalue weighted by Gasteiger charge is 2.37. The number of fused-ring (bicyclic) bond motifs is 1. The van der Waals surface area contributed by atoms with Crippen molar-refractivity contribution in [3.63, 3.8) is 0 Å². The predicted octanol–water partition coefficient (Wildman–Crippen LogP) is 2.18. The van der Waals surface area contributed by atoms with Gasteiger partial charge in [0, 0.05) is 11.1 Å². The number of nitrogens with two attached hydrogens (primary N) is 1. The lowest BCUT2D eigenvalue weighted by molar-refractivity contribution is 0.0671. The third-order valence-electron chi connectivity index (χ3n) is 3.09. The lowest BCUT2D eigenvalue weighted by atomic mass is 9.87. The van der Waals surface area contributed by atoms with E-state index in [1.807, 2.05) is 24.4 Å². The van der Waals surface area contributed by atoms with Gasteiger partial charge in [-0.2, -0.15) is 0 Å². The molecule has 0 saturated heterocycles. The SMILES string of the molecule is Cc1csc(C2(N)COCc3ccccc32)n1. The van der Waals surface area contributed by atoms with Gasteiger partial charge in [-0.15, -0.1) is 11.3 Å². The molecule has 0 amide bonds. The van der Waals surface area contributed by atoms with Gasteiger partial charge >= 0.3 is 0 Å². The molecule has 17 heavy (non-hydrogen) atoms. The Morgan fingerprint density at radius 3 is 3.00 bits per heavy atom. The van der Waals surface area contributed by atoms with E-state index >= 15 is 0 Å². The Morgan fingerprint density at radius 2 is 2.24 bits per heavy atom. The van der Waals surface area contributed by atoms with Gasteiger partial charge < -0.3 is 10.5 Å². The fourth-order valence-corrected chi connectivity index (χ4v) is 3.13. The molecular formula is C13H14N2OS. The standard InChI is InChI=1S/C13H14N2OS/c1-9-7-17-12(15-9)13(14)8-16-6-10-4-2-3-5-11(10)13/h2-5,7H,6,8,14H2,1H3. The van der Waals surface area contributed by atoms with Gasteiger partial charge in [0.2, 0.25) is 0 Å². The molecule has 1 aliphatic heterocycles. The minimum absolute atomic E-state index is 0.497. The molecule has 0 aliphatic carbocycles. The first-order valence-electron chi connectivity index (χ1n) is 5.58. The maximum atomic E-state index is 6.53. The van der Waals surface area contributed by atoms with E-state index < -0.39 is 5.54 Å². The van der Waals surface area contributed by atoms with E-state index in [2.05, 4.69) is 17.1 Å². The van der Waals surface area contributed by atoms with Crippen LogP contribution in [0.2, 0.25) is 0 Å². The van der Waals surface area contributed by atoms with Crippen molar-refractivity contribution in [2.75, 3.05) is 6.61 Å². The molecule has 2 N–H and O–H groups in total. The summed E-state index contributed by atoms with van der Waals surface area (Å²) in [6, 6.07) is 8.18. The summed E-state index contributed by atoms with van der Waals surface area (Å²) >= 11 is 1.60. The molecule has 1 atom stereocenters. The van der Waals surface area contributed by atoms with Crippen LogP contribution in [0.4, 0.5) is 0 Å². The molecule has 2 aromatic rings. The fourth-order valence-electron chi connectivity index (χ4n) is 2.22. The molecule has 4 heteroatoms. The van der Waals surface area contributed by atoms with E-state index in [1.54, 1.807) is 11.3 Å². The largest absolute Gasteiger partial charge is 0.374 e. The minimum atomic E-state index is -0.590. The Hall–Kier alpha value is -1.23. The van der Waals surface area contributed by atoms with Gasteiger partial charge in [-0.3, -0.25) is 0 Å². The van der Waals surface area contributed by atoms with Gasteiger partial charge in [0.05, 0.1) is 13.2 Å². The fraction of sp³-hybridized carbons (Fsp3) is 0.308. The quantitative estimate of drug-likeness (QED) is 0.839. The molecule has 3 nitrogen and oxygen atoms in total. The summed E-state index contributed by atoms with van der Waals surface area (Å²) in [7, 11) is 0. The van der Waals surface area contributed by atoms with Crippen molar-refractivity contribution in [1.29, 1.82) is 0 Å². The second-order valence-corrected chi connectivity index (χ2v) is 5.27. The summed E-state index contributed by atoms with van der Waals surface area (Å²) in [6.45, 7) is 3.12. The highest BCUT2D eigenvalue weighted by molar-refractivity contribution is 7.09. The molecule has 3 rings (SSSR count). The van der Waals surface area contributed by atoms with Crippen LogP contribution in [-0.4, -0.2) is 11.6 Å². The van der Waals surface area contributed by atoms with Crippen LogP contribution in [0, 0.1) is 6.92 Å². The van der Waals surface area contributed by atoms with Crippen LogP contribution in [-0.2, 0) is 16.9 Å². The zero-order valence-electron chi connectivity index (χ0n) is 9.64. The van der Waals surface area contributed by atoms with Crippen molar-refractivity contribution in [3.05, 3.63) is 51.5 Å². The van der Waals surface area contributed by atoms with Gasteiger partial charge in [-0.05, 0) is 18.1 Å². The summed E-state index contributed by atoms with van der Waals surface area (Å²) in [4.78, 5) is 4.52. The first-order valence-corrected chi connectivity index (χ1v) is 6.46. The third kappa shape index (κ3) is 1.69. The summed E-state index contributed by atoms with van der Waals surface area (Å²) < 4.78 is 5.62. The van der Waals surface area contributed by atoms with Crippen LogP contribution in [0.5, 0.6) is 0 Å². The van der Waals surface area contributed by atoms with Crippen LogP contribution >= 0.6 is 11.3 Å². The van der Waals surface area contributed by atoms with Crippen LogP contribution in [0.1, 0.15) is 21.8 Å². The summed E-state index contributed by atoms with van der Waals surface area (Å²) in [5.74, 6) is 0. The second kappa shape index (κ2) is 3.91. The van der Waals surface area contributed by atoms with E-state index in [9.17, 15) is 0 Å². The Kier molecular flexibility index (Phi) is 2.50. The smallest absolute Gasteiger partial charge is 0.120 e. The lowest BCUT2D eigenvalue weighted by Crippen LogP contribution is -2.45. The summed E-state index contributed by atoms with van der Waals surface area (Å²) in [6.07, 6.45) is 0. The molecule has 1 aliphatic rings. The molecule has 88 valence electrons. The molecule has 2 heterocycles. The zero-order valence-corrected chi connectivity index (χ0v) is 10.5. The molecule has 1 unspecified atom stereocenters. The molecule has 0 saturated carbocycles. The second-order valence-electron chi connectivity index (χ2n) is 4.42. The number of benzene rings is 1. The van der Waals surface area contributed by atoms with Gasteiger partial charge in [0.1, 0.15) is 10.5 Å². The van der Waals surface area contributed by atoms with Crippen molar-refractivity contribution in [2.45, 2.75) is 19.1 Å². The lowest BCUT2D eigenvalue weighted by Gasteiger charge is -2.33. The summed E-state index contributed by atoms with van der Waals surface area (Å²) in [5.41, 5.74) is 9.25. The molecule has 1 aromatic carbocycles. The number of nitrogens with zero attached hydrogens (tertiary/aromatic N) is 1.